The Hall–Kier alpha value is -1.65. The van der Waals surface area contributed by atoms with Gasteiger partial charge in [-0.15, -0.1) is 0 Å². The van der Waals surface area contributed by atoms with Crippen molar-refractivity contribution in [2.45, 2.75) is 51.4 Å². The van der Waals surface area contributed by atoms with Gasteiger partial charge in [-0.05, 0) is 38.8 Å². The van der Waals surface area contributed by atoms with E-state index >= 15 is 0 Å². The second-order valence-corrected chi connectivity index (χ2v) is 6.77. The maximum absolute atomic E-state index is 12.5. The van der Waals surface area contributed by atoms with Crippen molar-refractivity contribution in [3.63, 3.8) is 0 Å². The van der Waals surface area contributed by atoms with Gasteiger partial charge in [0.1, 0.15) is 0 Å². The third kappa shape index (κ3) is 1.94. The minimum absolute atomic E-state index is 0.0184. The second-order valence-electron chi connectivity index (χ2n) is 6.77. The lowest BCUT2D eigenvalue weighted by Gasteiger charge is -2.29. The van der Waals surface area contributed by atoms with E-state index in [1.54, 1.807) is 0 Å². The average molecular weight is 299 g/mol. The van der Waals surface area contributed by atoms with Crippen molar-refractivity contribution >= 4 is 16.8 Å². The number of fused-ring (bicyclic) bond motifs is 3. The highest BCUT2D eigenvalue weighted by Crippen LogP contribution is 2.42. The van der Waals surface area contributed by atoms with Crippen LogP contribution < -0.4 is 0 Å². The van der Waals surface area contributed by atoms with Gasteiger partial charge >= 0.3 is 0 Å². The first-order valence-electron chi connectivity index (χ1n) is 7.93. The first-order valence-corrected chi connectivity index (χ1v) is 7.93. The summed E-state index contributed by atoms with van der Waals surface area (Å²) in [5.74, 6) is -0.128. The Balaban J connectivity index is 1.87. The van der Waals surface area contributed by atoms with Crippen LogP contribution in [0, 0.1) is 6.92 Å². The van der Waals surface area contributed by atoms with Crippen LogP contribution in [-0.4, -0.2) is 29.0 Å². The molecule has 0 unspecified atom stereocenters. The molecule has 0 N–H and O–H groups in total. The Morgan fingerprint density at radius 3 is 2.77 bits per heavy atom. The molecule has 0 bridgehead atoms. The molecule has 4 nitrogen and oxygen atoms in total. The van der Waals surface area contributed by atoms with Crippen molar-refractivity contribution in [1.29, 1.82) is 0 Å². The molecule has 4 rings (SSSR count). The van der Waals surface area contributed by atoms with Crippen LogP contribution in [0.4, 0.5) is 0 Å². The van der Waals surface area contributed by atoms with E-state index in [4.69, 9.17) is 9.47 Å². The summed E-state index contributed by atoms with van der Waals surface area (Å²) in [4.78, 5) is 12.5. The lowest BCUT2D eigenvalue weighted by atomic mass is 9.88. The molecule has 0 aliphatic carbocycles. The topological polar surface area (TPSA) is 40.5 Å². The molecule has 2 atom stereocenters. The molecule has 4 heteroatoms. The van der Waals surface area contributed by atoms with Gasteiger partial charge in [0.05, 0.1) is 18.2 Å². The standard InChI is InChI=1S/C18H21NO3/c1-11-12-6-4-5-7-14(12)19-16(20)9-8-13(17(11)19)15-10-21-18(2,3)22-15/h4-7,13,15H,8-10H2,1-3H3/t13-,15-/m0/s1. The number of aromatic nitrogens is 1. The number of ether oxygens (including phenoxy) is 2. The van der Waals surface area contributed by atoms with Crippen molar-refractivity contribution in [3.8, 4) is 0 Å². The average Bonchev–Trinajstić information content (AvgIpc) is 3.00. The lowest BCUT2D eigenvalue weighted by molar-refractivity contribution is -0.141. The maximum Gasteiger partial charge on any atom is 0.231 e. The molecule has 2 aromatic rings. The number of aryl methyl sites for hydroxylation is 1. The molecule has 22 heavy (non-hydrogen) atoms. The summed E-state index contributed by atoms with van der Waals surface area (Å²) in [5.41, 5.74) is 3.33. The lowest BCUT2D eigenvalue weighted by Crippen LogP contribution is -2.32. The van der Waals surface area contributed by atoms with Crippen LogP contribution >= 0.6 is 0 Å². The summed E-state index contributed by atoms with van der Waals surface area (Å²) in [5, 5.41) is 1.16. The SMILES string of the molecule is Cc1c2n(c3ccccc13)C(=O)CC[C@H]2[C@@H]1COC(C)(C)O1. The van der Waals surface area contributed by atoms with Crippen molar-refractivity contribution in [2.75, 3.05) is 6.61 Å². The van der Waals surface area contributed by atoms with E-state index < -0.39 is 5.79 Å². The van der Waals surface area contributed by atoms with Crippen LogP contribution in [0.15, 0.2) is 24.3 Å². The number of hydrogen-bond acceptors (Lipinski definition) is 3. The van der Waals surface area contributed by atoms with Gasteiger partial charge in [-0.25, -0.2) is 0 Å². The molecular weight excluding hydrogens is 278 g/mol. The van der Waals surface area contributed by atoms with Crippen molar-refractivity contribution in [1.82, 2.24) is 4.57 Å². The van der Waals surface area contributed by atoms with Crippen LogP contribution in [0.5, 0.6) is 0 Å². The van der Waals surface area contributed by atoms with Gasteiger partial charge in [0.25, 0.3) is 0 Å². The largest absolute Gasteiger partial charge is 0.348 e. The number of rotatable bonds is 1. The van der Waals surface area contributed by atoms with Gasteiger partial charge in [0, 0.05) is 23.4 Å². The minimum atomic E-state index is -0.531. The molecule has 116 valence electrons. The molecule has 3 heterocycles. The van der Waals surface area contributed by atoms with Crippen molar-refractivity contribution in [2.24, 2.45) is 0 Å². The quantitative estimate of drug-likeness (QED) is 0.807. The Labute approximate surface area is 130 Å². The Kier molecular flexibility index (Phi) is 2.97. The molecule has 2 aliphatic heterocycles. The summed E-state index contributed by atoms with van der Waals surface area (Å²) in [6, 6.07) is 8.14. The third-order valence-electron chi connectivity index (χ3n) is 4.92. The number of carbonyl (C=O) groups is 1. The summed E-state index contributed by atoms with van der Waals surface area (Å²) in [6.07, 6.45) is 1.42. The predicted molar refractivity (Wildman–Crippen MR) is 84.2 cm³/mol. The highest BCUT2D eigenvalue weighted by atomic mass is 16.7. The van der Waals surface area contributed by atoms with Crippen LogP contribution in [0.3, 0.4) is 0 Å². The number of carbonyl (C=O) groups excluding carboxylic acids is 1. The van der Waals surface area contributed by atoms with Crippen LogP contribution in [0.25, 0.3) is 10.9 Å². The van der Waals surface area contributed by atoms with E-state index in [9.17, 15) is 4.79 Å². The summed E-state index contributed by atoms with van der Waals surface area (Å²) in [7, 11) is 0. The van der Waals surface area contributed by atoms with Gasteiger partial charge in [-0.2, -0.15) is 0 Å². The fourth-order valence-corrected chi connectivity index (χ4v) is 3.94. The molecule has 2 aliphatic rings. The van der Waals surface area contributed by atoms with Gasteiger partial charge in [-0.3, -0.25) is 9.36 Å². The van der Waals surface area contributed by atoms with Gasteiger partial charge in [-0.1, -0.05) is 18.2 Å². The van der Waals surface area contributed by atoms with E-state index in [1.165, 1.54) is 5.56 Å². The number of nitrogens with zero attached hydrogens (tertiary/aromatic N) is 1. The molecular formula is C18H21NO3. The van der Waals surface area contributed by atoms with E-state index in [2.05, 4.69) is 13.0 Å². The Bertz CT molecular complexity index is 759. The summed E-state index contributed by atoms with van der Waals surface area (Å²) in [6.45, 7) is 6.60. The van der Waals surface area contributed by atoms with Crippen LogP contribution in [-0.2, 0) is 9.47 Å². The molecule has 0 saturated carbocycles. The molecule has 1 fully saturated rings. The second kappa shape index (κ2) is 4.67. The zero-order valence-corrected chi connectivity index (χ0v) is 13.3. The van der Waals surface area contributed by atoms with E-state index in [1.807, 2.05) is 36.6 Å². The molecule has 0 spiro atoms. The smallest absolute Gasteiger partial charge is 0.231 e. The Morgan fingerprint density at radius 2 is 2.05 bits per heavy atom. The first kappa shape index (κ1) is 14.0. The zero-order valence-electron chi connectivity index (χ0n) is 13.3. The predicted octanol–water partition coefficient (Wildman–Crippen LogP) is 3.62. The van der Waals surface area contributed by atoms with E-state index in [0.29, 0.717) is 13.0 Å². The van der Waals surface area contributed by atoms with Gasteiger partial charge < -0.3 is 9.47 Å². The fraction of sp³-hybridized carbons (Fsp3) is 0.500. The molecule has 1 saturated heterocycles. The highest BCUT2D eigenvalue weighted by Gasteiger charge is 2.42. The Morgan fingerprint density at radius 1 is 1.27 bits per heavy atom. The molecule has 0 amide bonds. The third-order valence-corrected chi connectivity index (χ3v) is 4.92. The minimum Gasteiger partial charge on any atom is -0.348 e. The maximum atomic E-state index is 12.5. The van der Waals surface area contributed by atoms with Crippen LogP contribution in [0.2, 0.25) is 0 Å². The van der Waals surface area contributed by atoms with Crippen molar-refractivity contribution < 1.29 is 14.3 Å². The number of hydrogen-bond donors (Lipinski definition) is 0. The summed E-state index contributed by atoms with van der Waals surface area (Å²) >= 11 is 0. The zero-order chi connectivity index (χ0) is 15.5. The molecule has 0 radical (unpaired) electrons. The molecule has 1 aromatic carbocycles. The monoisotopic (exact) mass is 299 g/mol. The van der Waals surface area contributed by atoms with E-state index in [-0.39, 0.29) is 17.9 Å². The fourth-order valence-electron chi connectivity index (χ4n) is 3.94. The van der Waals surface area contributed by atoms with Crippen LogP contribution in [0.1, 0.15) is 48.7 Å². The molecule has 1 aromatic heterocycles. The van der Waals surface area contributed by atoms with E-state index in [0.717, 1.165) is 23.0 Å². The van der Waals surface area contributed by atoms with Gasteiger partial charge in [0.15, 0.2) is 5.79 Å². The van der Waals surface area contributed by atoms with Gasteiger partial charge in [0.2, 0.25) is 5.91 Å². The first-order chi connectivity index (χ1) is 10.5. The highest BCUT2D eigenvalue weighted by molar-refractivity contribution is 5.97. The number of para-hydroxylation sites is 1. The normalized spacial score (nSPS) is 27.3. The number of benzene rings is 1. The summed E-state index contributed by atoms with van der Waals surface area (Å²) < 4.78 is 13.7. The van der Waals surface area contributed by atoms with Crippen molar-refractivity contribution in [3.05, 3.63) is 35.5 Å².